The normalized spacial score (nSPS) is 26.7. The van der Waals surface area contributed by atoms with Crippen LogP contribution in [-0.2, 0) is 4.79 Å². The molecule has 0 radical (unpaired) electrons. The molecule has 0 bridgehead atoms. The molecular formula is C11H20N2O2. The van der Waals surface area contributed by atoms with Gasteiger partial charge >= 0.3 is 5.97 Å². The van der Waals surface area contributed by atoms with E-state index in [1.54, 1.807) is 0 Å². The summed E-state index contributed by atoms with van der Waals surface area (Å²) in [5.41, 5.74) is 0. The highest BCUT2D eigenvalue weighted by atomic mass is 16.4. The number of nitrogens with one attached hydrogen (secondary N) is 1. The maximum atomic E-state index is 11.3. The van der Waals surface area contributed by atoms with E-state index < -0.39 is 5.97 Å². The lowest BCUT2D eigenvalue weighted by Gasteiger charge is -2.37. The zero-order valence-corrected chi connectivity index (χ0v) is 9.11. The van der Waals surface area contributed by atoms with Gasteiger partial charge < -0.3 is 10.4 Å². The standard InChI is InChI=1S/C11H20N2O2/c14-11(15)10(9-3-1-4-9)13-7-2-5-12-6-8-13/h9-10,12H,1-8H2,(H,14,15). The average molecular weight is 212 g/mol. The van der Waals surface area contributed by atoms with Gasteiger partial charge in [-0.25, -0.2) is 0 Å². The largest absolute Gasteiger partial charge is 0.480 e. The van der Waals surface area contributed by atoms with Crippen molar-refractivity contribution in [2.75, 3.05) is 26.2 Å². The minimum Gasteiger partial charge on any atom is -0.480 e. The third-order valence-electron chi connectivity index (χ3n) is 3.62. The smallest absolute Gasteiger partial charge is 0.321 e. The first-order valence-corrected chi connectivity index (χ1v) is 5.96. The van der Waals surface area contributed by atoms with Crippen molar-refractivity contribution in [2.45, 2.75) is 31.7 Å². The molecule has 1 aliphatic heterocycles. The van der Waals surface area contributed by atoms with Crippen LogP contribution in [0.25, 0.3) is 0 Å². The van der Waals surface area contributed by atoms with Gasteiger partial charge in [-0.3, -0.25) is 9.69 Å². The second-order valence-electron chi connectivity index (χ2n) is 4.61. The Bertz CT molecular complexity index is 221. The molecule has 1 saturated carbocycles. The van der Waals surface area contributed by atoms with Crippen molar-refractivity contribution in [3.8, 4) is 0 Å². The van der Waals surface area contributed by atoms with Gasteiger partial charge in [0.25, 0.3) is 0 Å². The van der Waals surface area contributed by atoms with Gasteiger partial charge in [0, 0.05) is 19.6 Å². The monoisotopic (exact) mass is 212 g/mol. The number of nitrogens with zero attached hydrogens (tertiary/aromatic N) is 1. The van der Waals surface area contributed by atoms with E-state index in [0.29, 0.717) is 5.92 Å². The average Bonchev–Trinajstić information content (AvgIpc) is 2.38. The van der Waals surface area contributed by atoms with Crippen LogP contribution in [0.5, 0.6) is 0 Å². The number of carbonyl (C=O) groups is 1. The van der Waals surface area contributed by atoms with Crippen LogP contribution in [0.4, 0.5) is 0 Å². The Balaban J connectivity index is 1.98. The number of hydrogen-bond acceptors (Lipinski definition) is 3. The molecule has 86 valence electrons. The summed E-state index contributed by atoms with van der Waals surface area (Å²) >= 11 is 0. The van der Waals surface area contributed by atoms with Crippen molar-refractivity contribution < 1.29 is 9.90 Å². The highest BCUT2D eigenvalue weighted by Gasteiger charge is 2.36. The fourth-order valence-electron chi connectivity index (χ4n) is 2.56. The molecule has 0 amide bonds. The summed E-state index contributed by atoms with van der Waals surface area (Å²) < 4.78 is 0. The second kappa shape index (κ2) is 4.94. The van der Waals surface area contributed by atoms with Gasteiger partial charge in [-0.05, 0) is 31.7 Å². The minimum atomic E-state index is -0.624. The molecule has 15 heavy (non-hydrogen) atoms. The molecule has 0 aromatic carbocycles. The van der Waals surface area contributed by atoms with Gasteiger partial charge in [-0.15, -0.1) is 0 Å². The molecule has 4 heteroatoms. The molecule has 2 fully saturated rings. The van der Waals surface area contributed by atoms with E-state index in [1.165, 1.54) is 6.42 Å². The van der Waals surface area contributed by atoms with E-state index in [-0.39, 0.29) is 6.04 Å². The van der Waals surface area contributed by atoms with Crippen molar-refractivity contribution in [1.82, 2.24) is 10.2 Å². The number of aliphatic carboxylic acids is 1. The molecule has 2 rings (SSSR count). The summed E-state index contributed by atoms with van der Waals surface area (Å²) in [6, 6.07) is -0.223. The number of rotatable bonds is 3. The molecule has 0 aromatic heterocycles. The second-order valence-corrected chi connectivity index (χ2v) is 4.61. The van der Waals surface area contributed by atoms with Crippen LogP contribution >= 0.6 is 0 Å². The van der Waals surface area contributed by atoms with Crippen molar-refractivity contribution >= 4 is 5.97 Å². The van der Waals surface area contributed by atoms with E-state index in [9.17, 15) is 9.90 Å². The van der Waals surface area contributed by atoms with E-state index in [0.717, 1.165) is 45.4 Å². The molecular weight excluding hydrogens is 192 g/mol. The SMILES string of the molecule is O=C(O)C(C1CCC1)N1CCCNCC1. The first-order chi connectivity index (χ1) is 7.29. The van der Waals surface area contributed by atoms with Crippen LogP contribution in [0, 0.1) is 5.92 Å². The summed E-state index contributed by atoms with van der Waals surface area (Å²) in [5.74, 6) is -0.220. The molecule has 4 nitrogen and oxygen atoms in total. The van der Waals surface area contributed by atoms with Gasteiger partial charge in [0.2, 0.25) is 0 Å². The summed E-state index contributed by atoms with van der Waals surface area (Å²) in [5, 5.41) is 12.6. The van der Waals surface area contributed by atoms with Crippen LogP contribution in [0.15, 0.2) is 0 Å². The van der Waals surface area contributed by atoms with Crippen LogP contribution in [0.1, 0.15) is 25.7 Å². The zero-order chi connectivity index (χ0) is 10.7. The first kappa shape index (κ1) is 10.9. The van der Waals surface area contributed by atoms with E-state index in [1.807, 2.05) is 0 Å². The van der Waals surface area contributed by atoms with E-state index >= 15 is 0 Å². The minimum absolute atomic E-state index is 0.223. The molecule has 2 aliphatic rings. The fraction of sp³-hybridized carbons (Fsp3) is 0.909. The summed E-state index contributed by atoms with van der Waals surface area (Å²) in [6.07, 6.45) is 4.47. The number of hydrogen-bond donors (Lipinski definition) is 2. The van der Waals surface area contributed by atoms with Crippen LogP contribution in [-0.4, -0.2) is 48.2 Å². The fourth-order valence-corrected chi connectivity index (χ4v) is 2.56. The maximum Gasteiger partial charge on any atom is 0.321 e. The Kier molecular flexibility index (Phi) is 3.59. The third kappa shape index (κ3) is 2.49. The van der Waals surface area contributed by atoms with E-state index in [4.69, 9.17) is 0 Å². The Hall–Kier alpha value is -0.610. The molecule has 2 N–H and O–H groups in total. The maximum absolute atomic E-state index is 11.3. The Labute approximate surface area is 90.6 Å². The number of carboxylic acids is 1. The lowest BCUT2D eigenvalue weighted by Crippen LogP contribution is -2.49. The molecule has 0 spiro atoms. The lowest BCUT2D eigenvalue weighted by atomic mass is 9.79. The topological polar surface area (TPSA) is 52.6 Å². The zero-order valence-electron chi connectivity index (χ0n) is 9.11. The van der Waals surface area contributed by atoms with Crippen molar-refractivity contribution in [1.29, 1.82) is 0 Å². The molecule has 1 aliphatic carbocycles. The first-order valence-electron chi connectivity index (χ1n) is 5.96. The molecule has 1 unspecified atom stereocenters. The summed E-state index contributed by atoms with van der Waals surface area (Å²) in [4.78, 5) is 13.4. The Morgan fingerprint density at radius 1 is 1.27 bits per heavy atom. The molecule has 1 heterocycles. The van der Waals surface area contributed by atoms with Crippen LogP contribution < -0.4 is 5.32 Å². The Morgan fingerprint density at radius 2 is 2.07 bits per heavy atom. The molecule has 0 aromatic rings. The molecule has 1 atom stereocenters. The van der Waals surface area contributed by atoms with Gasteiger partial charge in [0.1, 0.15) is 6.04 Å². The Morgan fingerprint density at radius 3 is 2.67 bits per heavy atom. The number of carboxylic acid groups (broad SMARTS) is 1. The summed E-state index contributed by atoms with van der Waals surface area (Å²) in [6.45, 7) is 3.76. The quantitative estimate of drug-likeness (QED) is 0.716. The predicted molar refractivity (Wildman–Crippen MR) is 57.8 cm³/mol. The van der Waals surface area contributed by atoms with E-state index in [2.05, 4.69) is 10.2 Å². The van der Waals surface area contributed by atoms with Crippen molar-refractivity contribution in [3.63, 3.8) is 0 Å². The predicted octanol–water partition coefficient (Wildman–Crippen LogP) is 0.535. The highest BCUT2D eigenvalue weighted by molar-refractivity contribution is 5.74. The van der Waals surface area contributed by atoms with Gasteiger partial charge in [0.05, 0.1) is 0 Å². The highest BCUT2D eigenvalue weighted by Crippen LogP contribution is 2.32. The van der Waals surface area contributed by atoms with Crippen LogP contribution in [0.3, 0.4) is 0 Å². The van der Waals surface area contributed by atoms with Crippen LogP contribution in [0.2, 0.25) is 0 Å². The van der Waals surface area contributed by atoms with Crippen molar-refractivity contribution in [2.24, 2.45) is 5.92 Å². The lowest BCUT2D eigenvalue weighted by molar-refractivity contribution is -0.147. The van der Waals surface area contributed by atoms with Gasteiger partial charge in [-0.1, -0.05) is 6.42 Å². The van der Waals surface area contributed by atoms with Crippen molar-refractivity contribution in [3.05, 3.63) is 0 Å². The third-order valence-corrected chi connectivity index (χ3v) is 3.62. The summed E-state index contributed by atoms with van der Waals surface area (Å²) in [7, 11) is 0. The van der Waals surface area contributed by atoms with Gasteiger partial charge in [0.15, 0.2) is 0 Å². The van der Waals surface area contributed by atoms with Gasteiger partial charge in [-0.2, -0.15) is 0 Å². The molecule has 1 saturated heterocycles.